The highest BCUT2D eigenvalue weighted by Gasteiger charge is 2.19. The molecule has 0 unspecified atom stereocenters. The van der Waals surface area contributed by atoms with Gasteiger partial charge in [-0.1, -0.05) is 127 Å². The van der Waals surface area contributed by atoms with Gasteiger partial charge in [-0.3, -0.25) is 4.57 Å². The zero-order chi connectivity index (χ0) is 37.0. The Morgan fingerprint density at radius 3 is 1.73 bits per heavy atom. The highest BCUT2D eigenvalue weighted by Crippen LogP contribution is 2.41. The molecule has 0 amide bonds. The topological polar surface area (TPSA) is 48.5 Å². The summed E-state index contributed by atoms with van der Waals surface area (Å²) < 4.78 is 4.64. The van der Waals surface area contributed by atoms with Crippen LogP contribution in [0.3, 0.4) is 0 Å². The number of pyridine rings is 1. The van der Waals surface area contributed by atoms with Crippen molar-refractivity contribution in [3.05, 3.63) is 200 Å². The second-order valence-electron chi connectivity index (χ2n) is 14.1. The number of nitrogens with zero attached hydrogens (tertiary/aromatic N) is 5. The van der Waals surface area contributed by atoms with Crippen LogP contribution in [0.1, 0.15) is 0 Å². The predicted octanol–water partition coefficient (Wildman–Crippen LogP) is 12.7. The minimum Gasteiger partial charge on any atom is -0.309 e. The molecule has 7 aromatic carbocycles. The molecule has 0 bridgehead atoms. The maximum atomic E-state index is 5.14. The van der Waals surface area contributed by atoms with Gasteiger partial charge in [0.2, 0.25) is 0 Å². The number of hydrogen-bond acceptors (Lipinski definition) is 3. The molecule has 0 fully saturated rings. The lowest BCUT2D eigenvalue weighted by atomic mass is 9.98. The van der Waals surface area contributed by atoms with Gasteiger partial charge in [0, 0.05) is 55.8 Å². The third-order valence-electron chi connectivity index (χ3n) is 10.8. The summed E-state index contributed by atoms with van der Waals surface area (Å²) in [6, 6.07) is 68.3. The van der Waals surface area contributed by atoms with Gasteiger partial charge in [-0.05, 0) is 77.9 Å². The van der Waals surface area contributed by atoms with E-state index in [1.165, 1.54) is 21.7 Å². The number of para-hydroxylation sites is 2. The molecule has 0 saturated carbocycles. The molecule has 56 heavy (non-hydrogen) atoms. The van der Waals surface area contributed by atoms with Crippen molar-refractivity contribution in [2.75, 3.05) is 0 Å². The van der Waals surface area contributed by atoms with Crippen LogP contribution in [0.25, 0.3) is 100 Å². The average Bonchev–Trinajstić information content (AvgIpc) is 3.80. The van der Waals surface area contributed by atoms with Crippen LogP contribution in [0.2, 0.25) is 0 Å². The molecule has 5 heteroatoms. The average molecular weight is 716 g/mol. The van der Waals surface area contributed by atoms with Crippen LogP contribution in [-0.2, 0) is 0 Å². The normalized spacial score (nSPS) is 11.6. The molecular weight excluding hydrogens is 683 g/mol. The van der Waals surface area contributed by atoms with E-state index >= 15 is 0 Å². The molecule has 0 aliphatic carbocycles. The lowest BCUT2D eigenvalue weighted by Gasteiger charge is -2.12. The third kappa shape index (κ3) is 5.21. The van der Waals surface area contributed by atoms with Crippen molar-refractivity contribution < 1.29 is 0 Å². The Morgan fingerprint density at radius 1 is 0.357 bits per heavy atom. The summed E-state index contributed by atoms with van der Waals surface area (Å²) in [5.74, 6) is 0.686. The number of rotatable bonds is 6. The highest BCUT2D eigenvalue weighted by molar-refractivity contribution is 6.17. The van der Waals surface area contributed by atoms with Crippen LogP contribution in [0, 0.1) is 0 Å². The standard InChI is InChI=1S/C51H33N5/c1-4-15-34(16-5-1)44-33-45(35-17-6-2-7-18-35)54-50(53-44)37-19-12-22-39(31-37)55-46-26-11-10-23-42(46)49-40(24-13-27-48(49)55)36-28-29-47-43(32-36)41-25-14-30-52-51(41)56(47)38-20-8-3-9-21-38/h1-33H. The molecule has 4 heterocycles. The van der Waals surface area contributed by atoms with Crippen molar-refractivity contribution >= 4 is 43.7 Å². The van der Waals surface area contributed by atoms with E-state index in [4.69, 9.17) is 15.0 Å². The Morgan fingerprint density at radius 2 is 0.964 bits per heavy atom. The van der Waals surface area contributed by atoms with E-state index in [2.05, 4.69) is 185 Å². The summed E-state index contributed by atoms with van der Waals surface area (Å²) in [5.41, 5.74) is 13.7. The van der Waals surface area contributed by atoms with E-state index in [-0.39, 0.29) is 0 Å². The molecule has 4 aromatic heterocycles. The van der Waals surface area contributed by atoms with Crippen molar-refractivity contribution in [3.8, 4) is 56.4 Å². The van der Waals surface area contributed by atoms with E-state index in [1.54, 1.807) is 0 Å². The molecule has 0 aliphatic heterocycles. The van der Waals surface area contributed by atoms with Crippen molar-refractivity contribution in [1.29, 1.82) is 0 Å². The van der Waals surface area contributed by atoms with Crippen molar-refractivity contribution in [1.82, 2.24) is 24.1 Å². The summed E-state index contributed by atoms with van der Waals surface area (Å²) in [7, 11) is 0. The molecule has 0 aliphatic rings. The molecular formula is C51H33N5. The molecule has 0 radical (unpaired) electrons. The summed E-state index contributed by atoms with van der Waals surface area (Å²) >= 11 is 0. The van der Waals surface area contributed by atoms with E-state index in [1.807, 2.05) is 24.4 Å². The first kappa shape index (κ1) is 31.9. The molecule has 262 valence electrons. The van der Waals surface area contributed by atoms with Crippen LogP contribution in [0.5, 0.6) is 0 Å². The van der Waals surface area contributed by atoms with Gasteiger partial charge < -0.3 is 4.57 Å². The van der Waals surface area contributed by atoms with E-state index in [0.29, 0.717) is 5.82 Å². The van der Waals surface area contributed by atoms with Crippen molar-refractivity contribution in [3.63, 3.8) is 0 Å². The molecule has 0 atom stereocenters. The van der Waals surface area contributed by atoms with Gasteiger partial charge in [0.15, 0.2) is 5.82 Å². The lowest BCUT2D eigenvalue weighted by Crippen LogP contribution is -1.98. The fourth-order valence-electron chi connectivity index (χ4n) is 8.26. The predicted molar refractivity (Wildman–Crippen MR) is 230 cm³/mol. The molecule has 5 nitrogen and oxygen atoms in total. The zero-order valence-corrected chi connectivity index (χ0v) is 30.3. The molecule has 0 saturated heterocycles. The fraction of sp³-hybridized carbons (Fsp3) is 0. The molecule has 0 N–H and O–H groups in total. The van der Waals surface area contributed by atoms with Gasteiger partial charge in [-0.2, -0.15) is 0 Å². The quantitative estimate of drug-likeness (QED) is 0.172. The van der Waals surface area contributed by atoms with Crippen LogP contribution in [0.4, 0.5) is 0 Å². The Kier molecular flexibility index (Phi) is 7.42. The van der Waals surface area contributed by atoms with Crippen LogP contribution < -0.4 is 0 Å². The monoisotopic (exact) mass is 715 g/mol. The molecule has 11 rings (SSSR count). The first-order valence-corrected chi connectivity index (χ1v) is 18.9. The van der Waals surface area contributed by atoms with Gasteiger partial charge in [0.05, 0.1) is 27.9 Å². The first-order valence-electron chi connectivity index (χ1n) is 18.9. The Labute approximate surface area is 323 Å². The Bertz CT molecular complexity index is 3180. The van der Waals surface area contributed by atoms with Crippen LogP contribution >= 0.6 is 0 Å². The second-order valence-corrected chi connectivity index (χ2v) is 14.1. The van der Waals surface area contributed by atoms with Crippen molar-refractivity contribution in [2.24, 2.45) is 0 Å². The van der Waals surface area contributed by atoms with Crippen LogP contribution in [0.15, 0.2) is 200 Å². The van der Waals surface area contributed by atoms with Crippen molar-refractivity contribution in [2.45, 2.75) is 0 Å². The van der Waals surface area contributed by atoms with E-state index < -0.39 is 0 Å². The molecule has 0 spiro atoms. The largest absolute Gasteiger partial charge is 0.309 e. The lowest BCUT2D eigenvalue weighted by molar-refractivity contribution is 1.14. The van der Waals surface area contributed by atoms with Gasteiger partial charge in [0.1, 0.15) is 5.65 Å². The minimum atomic E-state index is 0.686. The van der Waals surface area contributed by atoms with Gasteiger partial charge in [-0.25, -0.2) is 15.0 Å². The first-order chi connectivity index (χ1) is 27.8. The minimum absolute atomic E-state index is 0.686. The van der Waals surface area contributed by atoms with E-state index in [0.717, 1.165) is 72.6 Å². The van der Waals surface area contributed by atoms with E-state index in [9.17, 15) is 0 Å². The Hall–Kier alpha value is -7.63. The number of benzene rings is 7. The summed E-state index contributed by atoms with van der Waals surface area (Å²) in [5, 5.41) is 4.72. The maximum Gasteiger partial charge on any atom is 0.160 e. The third-order valence-corrected chi connectivity index (χ3v) is 10.8. The van der Waals surface area contributed by atoms with Gasteiger partial charge >= 0.3 is 0 Å². The maximum absolute atomic E-state index is 5.14. The summed E-state index contributed by atoms with van der Waals surface area (Å²) in [6.45, 7) is 0. The summed E-state index contributed by atoms with van der Waals surface area (Å²) in [6.07, 6.45) is 1.88. The van der Waals surface area contributed by atoms with Gasteiger partial charge in [0.25, 0.3) is 0 Å². The number of fused-ring (bicyclic) bond motifs is 6. The SMILES string of the molecule is c1ccc(-c2cc(-c3ccccc3)nc(-c3cccc(-n4c5ccccc5c5c(-c6ccc7c(c6)c6cccnc6n7-c6ccccc6)cccc54)c3)n2)cc1. The summed E-state index contributed by atoms with van der Waals surface area (Å²) in [4.78, 5) is 15.1. The fourth-order valence-corrected chi connectivity index (χ4v) is 8.26. The molecule has 11 aromatic rings. The highest BCUT2D eigenvalue weighted by atomic mass is 15.0. The smallest absolute Gasteiger partial charge is 0.160 e. The number of aromatic nitrogens is 5. The zero-order valence-electron chi connectivity index (χ0n) is 30.3. The second kappa shape index (κ2) is 13.0. The van der Waals surface area contributed by atoms with Gasteiger partial charge in [-0.15, -0.1) is 0 Å². The van der Waals surface area contributed by atoms with Crippen LogP contribution in [-0.4, -0.2) is 24.1 Å². The number of hydrogen-bond donors (Lipinski definition) is 0. The Balaban J connectivity index is 1.09.